The fourth-order valence-electron chi connectivity index (χ4n) is 1.27. The molecule has 0 aliphatic carbocycles. The number of hydrogen-bond acceptors (Lipinski definition) is 4. The molecule has 0 unspecified atom stereocenters. The van der Waals surface area contributed by atoms with E-state index in [4.69, 9.17) is 27.1 Å². The Balaban J connectivity index is 2.26. The van der Waals surface area contributed by atoms with E-state index in [1.165, 1.54) is 0 Å². The van der Waals surface area contributed by atoms with Gasteiger partial charge in [0.05, 0.1) is 0 Å². The average Bonchev–Trinajstić information content (AvgIpc) is 2.53. The van der Waals surface area contributed by atoms with Crippen molar-refractivity contribution < 1.29 is 9.15 Å². The number of aromatic nitrogens is 1. The highest BCUT2D eigenvalue weighted by Gasteiger charge is 2.03. The molecule has 0 atom stereocenters. The lowest BCUT2D eigenvalue weighted by Crippen LogP contribution is -2.17. The summed E-state index contributed by atoms with van der Waals surface area (Å²) in [6, 6.07) is 5.40. The normalized spacial score (nSPS) is 10.5. The van der Waals surface area contributed by atoms with Crippen molar-refractivity contribution in [3.8, 4) is 5.75 Å². The van der Waals surface area contributed by atoms with Crippen molar-refractivity contribution in [1.82, 2.24) is 4.98 Å². The smallest absolute Gasteiger partial charge is 0.192 e. The number of aryl methyl sites for hydroxylation is 1. The number of nitrogens with zero attached hydrogens (tertiary/aromatic N) is 1. The second-order valence-electron chi connectivity index (χ2n) is 3.12. The molecule has 0 saturated heterocycles. The molecule has 0 saturated carbocycles. The molecule has 1 aromatic heterocycles. The molecule has 1 heterocycles. The molecule has 2 aromatic rings. The SMILES string of the molecule is Cc1nc2cc(OCC(N)=S)ccc2o1. The maximum absolute atomic E-state index is 5.34. The number of oxazole rings is 1. The third-order valence-electron chi connectivity index (χ3n) is 1.85. The highest BCUT2D eigenvalue weighted by molar-refractivity contribution is 7.80. The van der Waals surface area contributed by atoms with E-state index in [0.717, 1.165) is 11.1 Å². The third kappa shape index (κ3) is 2.24. The van der Waals surface area contributed by atoms with Gasteiger partial charge in [0.15, 0.2) is 11.5 Å². The summed E-state index contributed by atoms with van der Waals surface area (Å²) in [5, 5.41) is 0. The Labute approximate surface area is 92.0 Å². The van der Waals surface area contributed by atoms with Crippen LogP contribution in [0.2, 0.25) is 0 Å². The summed E-state index contributed by atoms with van der Waals surface area (Å²) in [5.74, 6) is 1.32. The van der Waals surface area contributed by atoms with Crippen LogP contribution in [-0.2, 0) is 0 Å². The Bertz CT molecular complexity index is 507. The van der Waals surface area contributed by atoms with Gasteiger partial charge in [0.1, 0.15) is 22.9 Å². The van der Waals surface area contributed by atoms with E-state index in [9.17, 15) is 0 Å². The molecule has 0 spiro atoms. The molecule has 1 aromatic carbocycles. The molecule has 5 heteroatoms. The van der Waals surface area contributed by atoms with Crippen molar-refractivity contribution in [2.45, 2.75) is 6.92 Å². The molecule has 0 aliphatic heterocycles. The maximum Gasteiger partial charge on any atom is 0.192 e. The van der Waals surface area contributed by atoms with Gasteiger partial charge in [0.2, 0.25) is 0 Å². The van der Waals surface area contributed by atoms with Crippen LogP contribution in [0.15, 0.2) is 22.6 Å². The second-order valence-corrected chi connectivity index (χ2v) is 3.64. The monoisotopic (exact) mass is 222 g/mol. The molecule has 0 radical (unpaired) electrons. The van der Waals surface area contributed by atoms with Crippen molar-refractivity contribution >= 4 is 28.3 Å². The van der Waals surface area contributed by atoms with Gasteiger partial charge in [-0.3, -0.25) is 0 Å². The molecule has 2 rings (SSSR count). The van der Waals surface area contributed by atoms with Crippen LogP contribution >= 0.6 is 12.2 Å². The molecule has 2 N–H and O–H groups in total. The Kier molecular flexibility index (Phi) is 2.55. The fourth-order valence-corrected chi connectivity index (χ4v) is 1.33. The van der Waals surface area contributed by atoms with Crippen LogP contribution in [0.5, 0.6) is 5.75 Å². The zero-order valence-corrected chi connectivity index (χ0v) is 9.00. The highest BCUT2D eigenvalue weighted by Crippen LogP contribution is 2.20. The standard InChI is InChI=1S/C10H10N2O2S/c1-6-12-8-4-7(13-5-10(11)15)2-3-9(8)14-6/h2-4H,5H2,1H3,(H2,11,15). The molecule has 0 aliphatic rings. The van der Waals surface area contributed by atoms with E-state index >= 15 is 0 Å². The number of thiocarbonyl (C=S) groups is 1. The van der Waals surface area contributed by atoms with Crippen LogP contribution < -0.4 is 10.5 Å². The van der Waals surface area contributed by atoms with E-state index in [0.29, 0.717) is 16.6 Å². The van der Waals surface area contributed by atoms with E-state index in [-0.39, 0.29) is 6.61 Å². The Hall–Kier alpha value is -1.62. The minimum atomic E-state index is 0.234. The Morgan fingerprint density at radius 2 is 2.40 bits per heavy atom. The van der Waals surface area contributed by atoms with Crippen molar-refractivity contribution in [1.29, 1.82) is 0 Å². The summed E-state index contributed by atoms with van der Waals surface area (Å²) < 4.78 is 10.7. The predicted molar refractivity (Wildman–Crippen MR) is 61.0 cm³/mol. The maximum atomic E-state index is 5.34. The summed E-state index contributed by atoms with van der Waals surface area (Å²) in [5.41, 5.74) is 6.85. The van der Waals surface area contributed by atoms with E-state index < -0.39 is 0 Å². The molecule has 0 amide bonds. The summed E-state index contributed by atoms with van der Waals surface area (Å²) in [7, 11) is 0. The first-order valence-corrected chi connectivity index (χ1v) is 4.84. The van der Waals surface area contributed by atoms with E-state index in [1.54, 1.807) is 19.1 Å². The highest BCUT2D eigenvalue weighted by atomic mass is 32.1. The van der Waals surface area contributed by atoms with Gasteiger partial charge in [-0.25, -0.2) is 4.98 Å². The molecular formula is C10H10N2O2S. The summed E-state index contributed by atoms with van der Waals surface area (Å²) >= 11 is 4.71. The topological polar surface area (TPSA) is 61.3 Å². The van der Waals surface area contributed by atoms with Crippen LogP contribution in [0.3, 0.4) is 0 Å². The van der Waals surface area contributed by atoms with Gasteiger partial charge in [-0.15, -0.1) is 0 Å². The van der Waals surface area contributed by atoms with Crippen LogP contribution in [0.4, 0.5) is 0 Å². The first-order valence-electron chi connectivity index (χ1n) is 4.43. The zero-order valence-electron chi connectivity index (χ0n) is 8.19. The minimum Gasteiger partial charge on any atom is -0.486 e. The van der Waals surface area contributed by atoms with E-state index in [1.807, 2.05) is 6.07 Å². The zero-order chi connectivity index (χ0) is 10.8. The number of rotatable bonds is 3. The lowest BCUT2D eigenvalue weighted by molar-refractivity contribution is 0.378. The third-order valence-corrected chi connectivity index (χ3v) is 1.96. The molecular weight excluding hydrogens is 212 g/mol. The number of ether oxygens (including phenoxy) is 1. The van der Waals surface area contributed by atoms with Crippen molar-refractivity contribution in [3.63, 3.8) is 0 Å². The van der Waals surface area contributed by atoms with Crippen LogP contribution in [-0.4, -0.2) is 16.6 Å². The molecule has 0 fully saturated rings. The minimum absolute atomic E-state index is 0.234. The Morgan fingerprint density at radius 3 is 3.13 bits per heavy atom. The number of hydrogen-bond donors (Lipinski definition) is 1. The lowest BCUT2D eigenvalue weighted by atomic mass is 10.3. The summed E-state index contributed by atoms with van der Waals surface area (Å²) in [6.45, 7) is 2.03. The Morgan fingerprint density at radius 1 is 1.60 bits per heavy atom. The number of nitrogens with two attached hydrogens (primary N) is 1. The van der Waals surface area contributed by atoms with Crippen molar-refractivity contribution in [2.75, 3.05) is 6.61 Å². The first kappa shape index (κ1) is 9.92. The summed E-state index contributed by atoms with van der Waals surface area (Å²) in [6.07, 6.45) is 0. The lowest BCUT2D eigenvalue weighted by Gasteiger charge is -2.03. The predicted octanol–water partition coefficient (Wildman–Crippen LogP) is 1.80. The van der Waals surface area contributed by atoms with Gasteiger partial charge < -0.3 is 14.9 Å². The van der Waals surface area contributed by atoms with Crippen LogP contribution in [0.25, 0.3) is 11.1 Å². The summed E-state index contributed by atoms with van der Waals surface area (Å²) in [4.78, 5) is 4.52. The largest absolute Gasteiger partial charge is 0.486 e. The van der Waals surface area contributed by atoms with E-state index in [2.05, 4.69) is 4.98 Å². The molecule has 0 bridgehead atoms. The van der Waals surface area contributed by atoms with Crippen LogP contribution in [0.1, 0.15) is 5.89 Å². The van der Waals surface area contributed by atoms with Crippen LogP contribution in [0, 0.1) is 6.92 Å². The van der Waals surface area contributed by atoms with Gasteiger partial charge in [-0.05, 0) is 12.1 Å². The van der Waals surface area contributed by atoms with Gasteiger partial charge in [0.25, 0.3) is 0 Å². The first-order chi connectivity index (χ1) is 7.15. The van der Waals surface area contributed by atoms with Crippen molar-refractivity contribution in [2.24, 2.45) is 5.73 Å². The quantitative estimate of drug-likeness (QED) is 0.802. The number of fused-ring (bicyclic) bond motifs is 1. The average molecular weight is 222 g/mol. The number of benzene rings is 1. The van der Waals surface area contributed by atoms with Crippen molar-refractivity contribution in [3.05, 3.63) is 24.1 Å². The van der Waals surface area contributed by atoms with Gasteiger partial charge in [-0.1, -0.05) is 12.2 Å². The van der Waals surface area contributed by atoms with Gasteiger partial charge >= 0.3 is 0 Å². The van der Waals surface area contributed by atoms with Gasteiger partial charge in [-0.2, -0.15) is 0 Å². The fraction of sp³-hybridized carbons (Fsp3) is 0.200. The molecule has 15 heavy (non-hydrogen) atoms. The molecule has 4 nitrogen and oxygen atoms in total. The second kappa shape index (κ2) is 3.86. The molecule has 78 valence electrons. The van der Waals surface area contributed by atoms with Gasteiger partial charge in [0, 0.05) is 13.0 Å².